The molecular formula is C23H19N3O4. The molecule has 0 saturated heterocycles. The minimum Gasteiger partial charge on any atom is -0.506 e. The van der Waals surface area contributed by atoms with Crippen LogP contribution in [-0.4, -0.2) is 45.1 Å². The number of nitrogens with one attached hydrogen (secondary N) is 1. The number of phenols is 1. The Kier molecular flexibility index (Phi) is 5.28. The zero-order chi connectivity index (χ0) is 21.1. The zero-order valence-corrected chi connectivity index (χ0v) is 15.9. The average Bonchev–Trinajstić information content (AvgIpc) is 3.01. The molecule has 0 radical (unpaired) electrons. The predicted octanol–water partition coefficient (Wildman–Crippen LogP) is 2.77. The molecule has 0 saturated carbocycles. The number of hydrogen-bond acceptors (Lipinski definition) is 6. The third kappa shape index (κ3) is 3.78. The number of amides is 2. The van der Waals surface area contributed by atoms with Crippen LogP contribution in [0.1, 0.15) is 11.3 Å². The summed E-state index contributed by atoms with van der Waals surface area (Å²) >= 11 is 0. The van der Waals surface area contributed by atoms with Crippen LogP contribution in [0, 0.1) is 0 Å². The summed E-state index contributed by atoms with van der Waals surface area (Å²) in [7, 11) is 0. The summed E-state index contributed by atoms with van der Waals surface area (Å²) in [6.45, 7) is -0.326. The summed E-state index contributed by atoms with van der Waals surface area (Å²) in [5.74, 6) is -0.808. The number of fused-ring (bicyclic) bond motifs is 1. The SMILES string of the molecule is O=C1C=C(Nc2ccccc2C=Cc2ccc3cccc(O)c3n2)C(=O)N1CCO. The van der Waals surface area contributed by atoms with E-state index in [1.54, 1.807) is 24.3 Å². The molecule has 0 bridgehead atoms. The highest BCUT2D eigenvalue weighted by Crippen LogP contribution is 2.25. The van der Waals surface area contributed by atoms with E-state index >= 15 is 0 Å². The number of para-hydroxylation sites is 2. The quantitative estimate of drug-likeness (QED) is 0.549. The van der Waals surface area contributed by atoms with Crippen molar-refractivity contribution in [3.05, 3.63) is 77.6 Å². The molecule has 1 aliphatic rings. The van der Waals surface area contributed by atoms with Crippen molar-refractivity contribution in [2.75, 3.05) is 18.5 Å². The molecule has 0 unspecified atom stereocenters. The van der Waals surface area contributed by atoms with Crippen molar-refractivity contribution in [3.8, 4) is 5.75 Å². The minimum absolute atomic E-state index is 0.0403. The maximum atomic E-state index is 12.4. The van der Waals surface area contributed by atoms with Gasteiger partial charge in [-0.25, -0.2) is 4.98 Å². The van der Waals surface area contributed by atoms with E-state index in [1.807, 2.05) is 42.5 Å². The van der Waals surface area contributed by atoms with Crippen LogP contribution >= 0.6 is 0 Å². The van der Waals surface area contributed by atoms with Gasteiger partial charge in [0.2, 0.25) is 0 Å². The van der Waals surface area contributed by atoms with Crippen LogP contribution in [-0.2, 0) is 9.59 Å². The number of carbonyl (C=O) groups is 2. The highest BCUT2D eigenvalue weighted by Gasteiger charge is 2.30. The van der Waals surface area contributed by atoms with Crippen molar-refractivity contribution in [2.24, 2.45) is 0 Å². The first-order chi connectivity index (χ1) is 14.6. The fourth-order valence-corrected chi connectivity index (χ4v) is 3.23. The van der Waals surface area contributed by atoms with Crippen LogP contribution in [0.15, 0.2) is 66.4 Å². The number of nitrogens with zero attached hydrogens (tertiary/aromatic N) is 2. The number of aliphatic hydroxyl groups is 1. The highest BCUT2D eigenvalue weighted by atomic mass is 16.3. The van der Waals surface area contributed by atoms with E-state index in [1.165, 1.54) is 6.08 Å². The van der Waals surface area contributed by atoms with Gasteiger partial charge in [-0.05, 0) is 29.8 Å². The summed E-state index contributed by atoms with van der Waals surface area (Å²) < 4.78 is 0. The second kappa shape index (κ2) is 8.18. The number of aromatic nitrogens is 1. The molecule has 3 N–H and O–H groups in total. The molecule has 2 heterocycles. The van der Waals surface area contributed by atoms with E-state index in [0.29, 0.717) is 16.9 Å². The Morgan fingerprint density at radius 1 is 1.00 bits per heavy atom. The van der Waals surface area contributed by atoms with Crippen LogP contribution in [0.4, 0.5) is 5.69 Å². The Balaban J connectivity index is 1.59. The second-order valence-corrected chi connectivity index (χ2v) is 6.71. The van der Waals surface area contributed by atoms with Gasteiger partial charge in [-0.3, -0.25) is 14.5 Å². The zero-order valence-electron chi connectivity index (χ0n) is 15.9. The van der Waals surface area contributed by atoms with Gasteiger partial charge in [0.15, 0.2) is 0 Å². The largest absolute Gasteiger partial charge is 0.506 e. The maximum absolute atomic E-state index is 12.4. The minimum atomic E-state index is -0.473. The predicted molar refractivity (Wildman–Crippen MR) is 114 cm³/mol. The lowest BCUT2D eigenvalue weighted by Crippen LogP contribution is -2.34. The van der Waals surface area contributed by atoms with E-state index in [-0.39, 0.29) is 24.6 Å². The van der Waals surface area contributed by atoms with E-state index < -0.39 is 11.8 Å². The number of phenolic OH excluding ortho intramolecular Hbond substituents is 1. The fraction of sp³-hybridized carbons (Fsp3) is 0.0870. The maximum Gasteiger partial charge on any atom is 0.277 e. The summed E-state index contributed by atoms with van der Waals surface area (Å²) in [5.41, 5.74) is 2.78. The van der Waals surface area contributed by atoms with E-state index in [9.17, 15) is 14.7 Å². The van der Waals surface area contributed by atoms with Gasteiger partial charge in [-0.15, -0.1) is 0 Å². The first kappa shape index (κ1) is 19.4. The van der Waals surface area contributed by atoms with Gasteiger partial charge in [0.1, 0.15) is 17.0 Å². The lowest BCUT2D eigenvalue weighted by Gasteiger charge is -2.14. The average molecular weight is 401 g/mol. The van der Waals surface area contributed by atoms with Crippen molar-refractivity contribution >= 4 is 40.6 Å². The number of rotatable bonds is 6. The first-order valence-corrected chi connectivity index (χ1v) is 9.38. The standard InChI is InChI=1S/C23H19N3O4/c27-13-12-26-21(29)14-19(23(26)30)25-18-6-2-1-4-15(18)8-10-17-11-9-16-5-3-7-20(28)22(16)24-17/h1-11,14,25,27-28H,12-13H2. The normalized spacial score (nSPS) is 14.0. The van der Waals surface area contributed by atoms with Gasteiger partial charge in [-0.2, -0.15) is 0 Å². The van der Waals surface area contributed by atoms with Crippen molar-refractivity contribution in [3.63, 3.8) is 0 Å². The van der Waals surface area contributed by atoms with Crippen LogP contribution in [0.3, 0.4) is 0 Å². The molecular weight excluding hydrogens is 382 g/mol. The molecule has 30 heavy (non-hydrogen) atoms. The molecule has 150 valence electrons. The molecule has 3 aromatic rings. The smallest absolute Gasteiger partial charge is 0.277 e. The lowest BCUT2D eigenvalue weighted by molar-refractivity contribution is -0.137. The lowest BCUT2D eigenvalue weighted by atomic mass is 10.1. The van der Waals surface area contributed by atoms with E-state index in [2.05, 4.69) is 10.3 Å². The molecule has 0 fully saturated rings. The summed E-state index contributed by atoms with van der Waals surface area (Å²) in [6.07, 6.45) is 4.87. The Hall–Kier alpha value is -3.97. The van der Waals surface area contributed by atoms with Crippen LogP contribution in [0.2, 0.25) is 0 Å². The molecule has 7 nitrogen and oxygen atoms in total. The monoisotopic (exact) mass is 401 g/mol. The first-order valence-electron chi connectivity index (χ1n) is 9.38. The van der Waals surface area contributed by atoms with Gasteiger partial charge in [-0.1, -0.05) is 42.5 Å². The number of aromatic hydroxyl groups is 1. The molecule has 7 heteroatoms. The number of anilines is 1. The molecule has 2 aromatic carbocycles. The Labute approximate surface area is 172 Å². The number of benzene rings is 2. The number of β-amino-alcohol motifs (C(OH)–C–C–N with tert-alkyl or cyclic N) is 1. The molecule has 0 spiro atoms. The summed E-state index contributed by atoms with van der Waals surface area (Å²) in [6, 6.07) is 16.3. The van der Waals surface area contributed by atoms with Crippen LogP contribution in [0.5, 0.6) is 5.75 Å². The van der Waals surface area contributed by atoms with E-state index in [0.717, 1.165) is 15.8 Å². The number of pyridine rings is 1. The molecule has 2 amide bonds. The fourth-order valence-electron chi connectivity index (χ4n) is 3.23. The van der Waals surface area contributed by atoms with Gasteiger partial charge in [0.05, 0.1) is 18.8 Å². The van der Waals surface area contributed by atoms with Crippen LogP contribution in [0.25, 0.3) is 23.1 Å². The third-order valence-corrected chi connectivity index (χ3v) is 4.72. The number of hydrogen-bond donors (Lipinski definition) is 3. The van der Waals surface area contributed by atoms with E-state index in [4.69, 9.17) is 5.11 Å². The van der Waals surface area contributed by atoms with Crippen molar-refractivity contribution < 1.29 is 19.8 Å². The Bertz CT molecular complexity index is 1200. The topological polar surface area (TPSA) is 103 Å². The highest BCUT2D eigenvalue weighted by molar-refractivity contribution is 6.17. The van der Waals surface area contributed by atoms with Gasteiger partial charge in [0.25, 0.3) is 11.8 Å². The molecule has 0 atom stereocenters. The number of aliphatic hydroxyl groups excluding tert-OH is 1. The van der Waals surface area contributed by atoms with Crippen molar-refractivity contribution in [1.82, 2.24) is 9.88 Å². The third-order valence-electron chi connectivity index (χ3n) is 4.72. The van der Waals surface area contributed by atoms with Crippen molar-refractivity contribution in [1.29, 1.82) is 0 Å². The van der Waals surface area contributed by atoms with Gasteiger partial charge >= 0.3 is 0 Å². The molecule has 1 aromatic heterocycles. The molecule has 0 aliphatic carbocycles. The second-order valence-electron chi connectivity index (χ2n) is 6.71. The number of imide groups is 1. The molecule has 1 aliphatic heterocycles. The summed E-state index contributed by atoms with van der Waals surface area (Å²) in [4.78, 5) is 29.8. The molecule has 4 rings (SSSR count). The van der Waals surface area contributed by atoms with Crippen molar-refractivity contribution in [2.45, 2.75) is 0 Å². The summed E-state index contributed by atoms with van der Waals surface area (Å²) in [5, 5.41) is 22.9. The number of carbonyl (C=O) groups excluding carboxylic acids is 2. The Morgan fingerprint density at radius 3 is 2.67 bits per heavy atom. The Morgan fingerprint density at radius 2 is 1.83 bits per heavy atom. The van der Waals surface area contributed by atoms with Crippen LogP contribution < -0.4 is 5.32 Å². The van der Waals surface area contributed by atoms with Gasteiger partial charge in [0, 0.05) is 17.1 Å². The van der Waals surface area contributed by atoms with Gasteiger partial charge < -0.3 is 15.5 Å².